The van der Waals surface area contributed by atoms with Crippen LogP contribution in [0.25, 0.3) is 0 Å². The second-order valence-electron chi connectivity index (χ2n) is 5.01. The van der Waals surface area contributed by atoms with Crippen LogP contribution in [0.3, 0.4) is 0 Å². The summed E-state index contributed by atoms with van der Waals surface area (Å²) in [6.07, 6.45) is 1.89. The van der Waals surface area contributed by atoms with Crippen LogP contribution in [0.1, 0.15) is 24.8 Å². The van der Waals surface area contributed by atoms with Gasteiger partial charge in [-0.1, -0.05) is 42.5 Å². The van der Waals surface area contributed by atoms with Crippen LogP contribution < -0.4 is 0 Å². The maximum absolute atomic E-state index is 13.2. The van der Waals surface area contributed by atoms with Gasteiger partial charge >= 0.3 is 6.18 Å². The van der Waals surface area contributed by atoms with Gasteiger partial charge in [0.2, 0.25) is 0 Å². The average molecular weight is 344 g/mol. The van der Waals surface area contributed by atoms with Crippen molar-refractivity contribution < 1.29 is 13.2 Å². The number of allylic oxidation sites excluding steroid dienone is 3. The third kappa shape index (κ3) is 5.76. The van der Waals surface area contributed by atoms with E-state index in [1.807, 2.05) is 36.4 Å². The molecule has 1 aliphatic heterocycles. The molecule has 1 aliphatic rings. The zero-order valence-electron chi connectivity index (χ0n) is 12.2. The van der Waals surface area contributed by atoms with Gasteiger partial charge in [0, 0.05) is 4.24 Å². The molecule has 1 saturated heterocycles. The quantitative estimate of drug-likeness (QED) is 0.582. The summed E-state index contributed by atoms with van der Waals surface area (Å²) < 4.78 is 39.9. The highest BCUT2D eigenvalue weighted by Gasteiger charge is 2.36. The summed E-state index contributed by atoms with van der Waals surface area (Å²) in [5.41, 5.74) is 0.832. The summed E-state index contributed by atoms with van der Waals surface area (Å²) in [5, 5.41) is 0. The molecule has 0 aliphatic carbocycles. The van der Waals surface area contributed by atoms with Crippen molar-refractivity contribution in [1.82, 2.24) is 0 Å². The van der Waals surface area contributed by atoms with Gasteiger partial charge in [0.25, 0.3) is 0 Å². The minimum absolute atomic E-state index is 0.0202. The van der Waals surface area contributed by atoms with E-state index in [4.69, 9.17) is 0 Å². The lowest BCUT2D eigenvalue weighted by atomic mass is 10.1. The van der Waals surface area contributed by atoms with E-state index in [1.165, 1.54) is 29.1 Å². The van der Waals surface area contributed by atoms with Crippen LogP contribution in [0.5, 0.6) is 0 Å². The highest BCUT2D eigenvalue weighted by Crippen LogP contribution is 2.43. The van der Waals surface area contributed by atoms with Gasteiger partial charge < -0.3 is 0 Å². The van der Waals surface area contributed by atoms with Crippen molar-refractivity contribution in [2.75, 3.05) is 11.5 Å². The van der Waals surface area contributed by atoms with Gasteiger partial charge in [-0.15, -0.1) is 23.5 Å². The van der Waals surface area contributed by atoms with E-state index in [2.05, 4.69) is 0 Å². The number of hydrogen-bond acceptors (Lipinski definition) is 2. The molecule has 1 heterocycles. The van der Waals surface area contributed by atoms with Crippen molar-refractivity contribution >= 4 is 23.5 Å². The van der Waals surface area contributed by atoms with Gasteiger partial charge in [0.05, 0.1) is 5.57 Å². The van der Waals surface area contributed by atoms with Gasteiger partial charge in [-0.3, -0.25) is 0 Å². The molecule has 0 N–H and O–H groups in total. The first-order chi connectivity index (χ1) is 10.6. The van der Waals surface area contributed by atoms with Crippen LogP contribution in [-0.4, -0.2) is 17.7 Å². The van der Waals surface area contributed by atoms with Crippen molar-refractivity contribution in [3.63, 3.8) is 0 Å². The van der Waals surface area contributed by atoms with Gasteiger partial charge in [0.1, 0.15) is 0 Å². The van der Waals surface area contributed by atoms with Crippen LogP contribution >= 0.6 is 23.5 Å². The predicted molar refractivity (Wildman–Crippen MR) is 91.1 cm³/mol. The Labute approximate surface area is 138 Å². The Balaban J connectivity index is 1.90. The van der Waals surface area contributed by atoms with Gasteiger partial charge in [-0.05, 0) is 42.8 Å². The topological polar surface area (TPSA) is 0 Å². The van der Waals surface area contributed by atoms with Crippen LogP contribution in [0.15, 0.2) is 52.3 Å². The van der Waals surface area contributed by atoms with Crippen molar-refractivity contribution in [1.29, 1.82) is 0 Å². The molecule has 0 unspecified atom stereocenters. The zero-order valence-corrected chi connectivity index (χ0v) is 13.9. The molecule has 0 saturated carbocycles. The molecular weight excluding hydrogens is 325 g/mol. The number of benzene rings is 1. The number of halogens is 3. The van der Waals surface area contributed by atoms with Crippen molar-refractivity contribution in [2.24, 2.45) is 0 Å². The fourth-order valence-corrected chi connectivity index (χ4v) is 4.84. The van der Waals surface area contributed by atoms with E-state index in [-0.39, 0.29) is 12.0 Å². The maximum Gasteiger partial charge on any atom is 0.414 e. The molecule has 120 valence electrons. The zero-order chi connectivity index (χ0) is 15.8. The van der Waals surface area contributed by atoms with Gasteiger partial charge in [0.15, 0.2) is 0 Å². The third-order valence-corrected chi connectivity index (χ3v) is 5.98. The van der Waals surface area contributed by atoms with E-state index >= 15 is 0 Å². The first-order valence-electron chi connectivity index (χ1n) is 7.32. The summed E-state index contributed by atoms with van der Waals surface area (Å²) in [6, 6.07) is 9.98. The largest absolute Gasteiger partial charge is 0.414 e. The number of rotatable bonds is 5. The minimum atomic E-state index is -4.23. The molecular formula is C17H19F3S2. The third-order valence-electron chi connectivity index (χ3n) is 3.27. The van der Waals surface area contributed by atoms with Crippen LogP contribution in [0, 0.1) is 0 Å². The Morgan fingerprint density at radius 2 is 1.73 bits per heavy atom. The van der Waals surface area contributed by atoms with E-state index in [9.17, 15) is 13.2 Å². The molecule has 0 atom stereocenters. The molecule has 0 nitrogen and oxygen atoms in total. The molecule has 1 aromatic rings. The SMILES string of the molecule is FC(F)(F)C(C/C=C/CCc1ccccc1)=C1SCCCS1. The van der Waals surface area contributed by atoms with Crippen molar-refractivity contribution in [2.45, 2.75) is 31.9 Å². The fraction of sp³-hybridized carbons (Fsp3) is 0.412. The summed E-state index contributed by atoms with van der Waals surface area (Å²) in [4.78, 5) is 0. The lowest BCUT2D eigenvalue weighted by Gasteiger charge is -2.19. The highest BCUT2D eigenvalue weighted by atomic mass is 32.2. The first kappa shape index (κ1) is 17.5. The predicted octanol–water partition coefficient (Wildman–Crippen LogP) is 6.21. The molecule has 5 heteroatoms. The monoisotopic (exact) mass is 344 g/mol. The average Bonchev–Trinajstić information content (AvgIpc) is 2.51. The molecule has 0 aromatic heterocycles. The lowest BCUT2D eigenvalue weighted by molar-refractivity contribution is -0.0928. The molecule has 0 radical (unpaired) electrons. The smallest absolute Gasteiger partial charge is 0.166 e. The van der Waals surface area contributed by atoms with E-state index in [0.717, 1.165) is 30.8 Å². The summed E-state index contributed by atoms with van der Waals surface area (Å²) in [5.74, 6) is 1.58. The number of aryl methyl sites for hydroxylation is 1. The lowest BCUT2D eigenvalue weighted by Crippen LogP contribution is -2.14. The Hall–Kier alpha value is -0.810. The second kappa shape index (κ2) is 8.73. The Kier molecular flexibility index (Phi) is 6.96. The Morgan fingerprint density at radius 3 is 2.36 bits per heavy atom. The van der Waals surface area contributed by atoms with Crippen LogP contribution in [-0.2, 0) is 6.42 Å². The standard InChI is InChI=1S/C17H19F3S2/c18-17(19,20)15(16-21-12-7-13-22-16)11-6-2-5-10-14-8-3-1-4-9-14/h1-4,6,8-9H,5,7,10-13H2/b6-2+. The first-order valence-corrected chi connectivity index (χ1v) is 9.29. The van der Waals surface area contributed by atoms with Gasteiger partial charge in [-0.25, -0.2) is 0 Å². The summed E-state index contributed by atoms with van der Waals surface area (Å²) in [6.45, 7) is 0. The van der Waals surface area contributed by atoms with E-state index in [1.54, 1.807) is 6.08 Å². The van der Waals surface area contributed by atoms with Crippen molar-refractivity contribution in [3.8, 4) is 0 Å². The summed E-state index contributed by atoms with van der Waals surface area (Å²) in [7, 11) is 0. The second-order valence-corrected chi connectivity index (χ2v) is 7.48. The molecule has 0 spiro atoms. The molecule has 0 amide bonds. The Bertz CT molecular complexity index is 510. The van der Waals surface area contributed by atoms with Gasteiger partial charge in [-0.2, -0.15) is 13.2 Å². The summed E-state index contributed by atoms with van der Waals surface area (Å²) >= 11 is 2.70. The number of hydrogen-bond donors (Lipinski definition) is 0. The number of alkyl halides is 3. The molecule has 1 fully saturated rings. The van der Waals surface area contributed by atoms with Crippen molar-refractivity contribution in [3.05, 3.63) is 57.9 Å². The van der Waals surface area contributed by atoms with E-state index in [0.29, 0.717) is 4.24 Å². The van der Waals surface area contributed by atoms with Crippen LogP contribution in [0.2, 0.25) is 0 Å². The molecule has 22 heavy (non-hydrogen) atoms. The maximum atomic E-state index is 13.2. The molecule has 2 rings (SSSR count). The fourth-order valence-electron chi connectivity index (χ4n) is 2.13. The Morgan fingerprint density at radius 1 is 1.05 bits per heavy atom. The minimum Gasteiger partial charge on any atom is -0.166 e. The highest BCUT2D eigenvalue weighted by molar-refractivity contribution is 8.22. The number of thioether (sulfide) groups is 2. The van der Waals surface area contributed by atoms with E-state index < -0.39 is 6.18 Å². The molecule has 0 bridgehead atoms. The molecule has 1 aromatic carbocycles. The normalized spacial score (nSPS) is 16.2. The van der Waals surface area contributed by atoms with Crippen LogP contribution in [0.4, 0.5) is 13.2 Å².